The smallest absolute Gasteiger partial charge is 0.387 e. The summed E-state index contributed by atoms with van der Waals surface area (Å²) < 4.78 is 47.8. The van der Waals surface area contributed by atoms with Gasteiger partial charge in [-0.15, -0.1) is 0 Å². The normalized spacial score (nSPS) is 17.9. The number of alkyl halides is 2. The molecule has 0 saturated carbocycles. The van der Waals surface area contributed by atoms with Gasteiger partial charge in [0.25, 0.3) is 0 Å². The molecule has 0 fully saturated rings. The Morgan fingerprint density at radius 2 is 1.94 bits per heavy atom. The van der Waals surface area contributed by atoms with E-state index >= 15 is 4.39 Å². The molecule has 0 radical (unpaired) electrons. The Morgan fingerprint density at radius 1 is 1.23 bits per heavy atom. The number of nitrogens with zero attached hydrogens (tertiary/aromatic N) is 4. The number of ether oxygens (including phenoxy) is 1. The van der Waals surface area contributed by atoms with E-state index in [4.69, 9.17) is 22.1 Å². The zero-order chi connectivity index (χ0) is 25.1. The fraction of sp³-hybridized carbons (Fsp3) is 0.292. The van der Waals surface area contributed by atoms with Crippen LogP contribution in [0.5, 0.6) is 5.75 Å². The Hall–Kier alpha value is -3.21. The number of aromatic nitrogens is 4. The van der Waals surface area contributed by atoms with Crippen LogP contribution in [0.25, 0.3) is 22.2 Å². The predicted molar refractivity (Wildman–Crippen MR) is 124 cm³/mol. The molecular weight excluding hydrogens is 483 g/mol. The summed E-state index contributed by atoms with van der Waals surface area (Å²) in [5, 5.41) is 10.3. The minimum absolute atomic E-state index is 0.0580. The van der Waals surface area contributed by atoms with Crippen molar-refractivity contribution in [2.45, 2.75) is 44.6 Å². The highest BCUT2D eigenvalue weighted by atomic mass is 35.5. The minimum atomic E-state index is -3.03. The first-order chi connectivity index (χ1) is 16.5. The number of rotatable bonds is 5. The van der Waals surface area contributed by atoms with Crippen molar-refractivity contribution in [3.63, 3.8) is 0 Å². The SMILES string of the molecule is CC(C)(O)c1ncc(-c2cc3c(cc2F)nc2n3[C@@H](c3c(Cl)cccc3OC(F)F)C[C@H]2N)cn1. The summed E-state index contributed by atoms with van der Waals surface area (Å²) in [6.45, 7) is 0.0664. The topological polar surface area (TPSA) is 99.1 Å². The molecule has 5 rings (SSSR count). The first kappa shape index (κ1) is 23.5. The molecule has 0 amide bonds. The van der Waals surface area contributed by atoms with Crippen LogP contribution in [0.4, 0.5) is 13.2 Å². The number of hydrogen-bond acceptors (Lipinski definition) is 6. The first-order valence-electron chi connectivity index (χ1n) is 10.8. The van der Waals surface area contributed by atoms with Crippen LogP contribution in [-0.2, 0) is 5.60 Å². The molecule has 0 unspecified atom stereocenters. The third kappa shape index (κ3) is 4.11. The van der Waals surface area contributed by atoms with Crippen molar-refractivity contribution in [2.24, 2.45) is 5.73 Å². The molecule has 182 valence electrons. The van der Waals surface area contributed by atoms with E-state index in [0.717, 1.165) is 0 Å². The van der Waals surface area contributed by atoms with Gasteiger partial charge in [0.15, 0.2) is 5.82 Å². The molecule has 2 atom stereocenters. The molecule has 3 N–H and O–H groups in total. The summed E-state index contributed by atoms with van der Waals surface area (Å²) in [7, 11) is 0. The lowest BCUT2D eigenvalue weighted by Crippen LogP contribution is -2.19. The van der Waals surface area contributed by atoms with Gasteiger partial charge in [-0.05, 0) is 38.5 Å². The minimum Gasteiger partial charge on any atom is -0.434 e. The van der Waals surface area contributed by atoms with Crippen LogP contribution in [0.1, 0.15) is 49.6 Å². The number of benzene rings is 2. The van der Waals surface area contributed by atoms with Crippen LogP contribution in [0.2, 0.25) is 5.02 Å². The van der Waals surface area contributed by atoms with Crippen LogP contribution >= 0.6 is 11.6 Å². The number of fused-ring (bicyclic) bond motifs is 3. The van der Waals surface area contributed by atoms with E-state index in [1.807, 2.05) is 0 Å². The van der Waals surface area contributed by atoms with Gasteiger partial charge in [-0.3, -0.25) is 0 Å². The maximum absolute atomic E-state index is 15.1. The summed E-state index contributed by atoms with van der Waals surface area (Å²) in [6.07, 6.45) is 3.20. The average Bonchev–Trinajstić information content (AvgIpc) is 3.29. The van der Waals surface area contributed by atoms with Crippen LogP contribution in [0.3, 0.4) is 0 Å². The van der Waals surface area contributed by atoms with Gasteiger partial charge in [-0.25, -0.2) is 19.3 Å². The molecule has 4 aromatic rings. The van der Waals surface area contributed by atoms with E-state index in [9.17, 15) is 13.9 Å². The molecule has 1 aliphatic heterocycles. The van der Waals surface area contributed by atoms with Crippen molar-refractivity contribution >= 4 is 22.6 Å². The molecule has 0 spiro atoms. The van der Waals surface area contributed by atoms with Gasteiger partial charge >= 0.3 is 6.61 Å². The second-order valence-corrected chi connectivity index (χ2v) is 9.31. The molecule has 0 bridgehead atoms. The van der Waals surface area contributed by atoms with Crippen LogP contribution < -0.4 is 10.5 Å². The van der Waals surface area contributed by atoms with Gasteiger partial charge in [0.2, 0.25) is 0 Å². The number of hydrogen-bond donors (Lipinski definition) is 2. The average molecular weight is 504 g/mol. The van der Waals surface area contributed by atoms with Crippen molar-refractivity contribution in [3.05, 3.63) is 70.8 Å². The molecule has 11 heteroatoms. The van der Waals surface area contributed by atoms with Crippen molar-refractivity contribution in [1.82, 2.24) is 19.5 Å². The Bertz CT molecular complexity index is 1420. The monoisotopic (exact) mass is 503 g/mol. The Morgan fingerprint density at radius 3 is 2.60 bits per heavy atom. The van der Waals surface area contributed by atoms with Crippen LogP contribution in [-0.4, -0.2) is 31.2 Å². The van der Waals surface area contributed by atoms with Gasteiger partial charge in [0, 0.05) is 40.2 Å². The highest BCUT2D eigenvalue weighted by Gasteiger charge is 2.36. The van der Waals surface area contributed by atoms with Crippen molar-refractivity contribution < 1.29 is 23.0 Å². The molecule has 0 saturated heterocycles. The third-order valence-corrected chi connectivity index (χ3v) is 6.33. The fourth-order valence-corrected chi connectivity index (χ4v) is 4.76. The second-order valence-electron chi connectivity index (χ2n) is 8.90. The summed E-state index contributed by atoms with van der Waals surface area (Å²) >= 11 is 6.43. The van der Waals surface area contributed by atoms with Gasteiger partial charge in [0.1, 0.15) is 23.0 Å². The largest absolute Gasteiger partial charge is 0.434 e. The molecule has 1 aliphatic rings. The number of halogens is 4. The summed E-state index contributed by atoms with van der Waals surface area (Å²) in [4.78, 5) is 12.8. The van der Waals surface area contributed by atoms with Gasteiger partial charge in [-0.2, -0.15) is 8.78 Å². The Balaban J connectivity index is 1.66. The van der Waals surface area contributed by atoms with Gasteiger partial charge < -0.3 is 20.1 Å². The molecular formula is C24H21ClF3N5O2. The Labute approximate surface area is 203 Å². The van der Waals surface area contributed by atoms with Gasteiger partial charge in [0.05, 0.1) is 23.1 Å². The quantitative estimate of drug-likeness (QED) is 0.393. The number of nitrogens with two attached hydrogens (primary N) is 1. The maximum atomic E-state index is 15.1. The molecule has 2 aromatic carbocycles. The van der Waals surface area contributed by atoms with Crippen LogP contribution in [0.15, 0.2) is 42.7 Å². The lowest BCUT2D eigenvalue weighted by atomic mass is 10.0. The van der Waals surface area contributed by atoms with E-state index in [-0.39, 0.29) is 22.2 Å². The van der Waals surface area contributed by atoms with E-state index in [1.165, 1.54) is 30.6 Å². The molecule has 35 heavy (non-hydrogen) atoms. The molecule has 3 heterocycles. The Kier molecular flexibility index (Phi) is 5.70. The summed E-state index contributed by atoms with van der Waals surface area (Å²) in [6, 6.07) is 6.33. The fourth-order valence-electron chi connectivity index (χ4n) is 4.47. The molecule has 7 nitrogen and oxygen atoms in total. The molecule has 2 aromatic heterocycles. The number of aliphatic hydroxyl groups is 1. The highest BCUT2D eigenvalue weighted by Crippen LogP contribution is 2.46. The second kappa shape index (κ2) is 8.47. The standard InChI is InChI=1S/C24H21ClF3N5O2/c1-24(2,34)22-30-9-11(10-31-22)12-6-17-16(7-14(12)26)32-21-15(29)8-18(33(17)21)20-13(25)4-3-5-19(20)35-23(27)28/h3-7,9-10,15,18,23,34H,8,29H2,1-2H3/t15-,18-/m1/s1. The van der Waals surface area contributed by atoms with Crippen LogP contribution in [0, 0.1) is 5.82 Å². The predicted octanol–water partition coefficient (Wildman–Crippen LogP) is 5.11. The summed E-state index contributed by atoms with van der Waals surface area (Å²) in [5.74, 6) is 0.0817. The van der Waals surface area contributed by atoms with E-state index in [2.05, 4.69) is 15.0 Å². The zero-order valence-electron chi connectivity index (χ0n) is 18.7. The number of imidazole rings is 1. The van der Waals surface area contributed by atoms with Gasteiger partial charge in [-0.1, -0.05) is 17.7 Å². The van der Waals surface area contributed by atoms with E-state index in [0.29, 0.717) is 34.4 Å². The molecule has 0 aliphatic carbocycles. The third-order valence-electron chi connectivity index (χ3n) is 6.00. The van der Waals surface area contributed by atoms with Crippen molar-refractivity contribution in [2.75, 3.05) is 0 Å². The lowest BCUT2D eigenvalue weighted by Gasteiger charge is -2.20. The lowest BCUT2D eigenvalue weighted by molar-refractivity contribution is -0.0506. The first-order valence-corrected chi connectivity index (χ1v) is 11.2. The van der Waals surface area contributed by atoms with Crippen molar-refractivity contribution in [3.8, 4) is 16.9 Å². The zero-order valence-corrected chi connectivity index (χ0v) is 19.5. The highest BCUT2D eigenvalue weighted by molar-refractivity contribution is 6.31. The summed E-state index contributed by atoms with van der Waals surface area (Å²) in [5.41, 5.74) is 6.95. The van der Waals surface area contributed by atoms with E-state index < -0.39 is 30.1 Å². The maximum Gasteiger partial charge on any atom is 0.387 e. The van der Waals surface area contributed by atoms with E-state index in [1.54, 1.807) is 30.5 Å². The van der Waals surface area contributed by atoms with Crippen molar-refractivity contribution in [1.29, 1.82) is 0 Å².